The molecule has 0 unspecified atom stereocenters. The van der Waals surface area contributed by atoms with E-state index >= 15 is 0 Å². The average Bonchev–Trinajstić information content (AvgIpc) is 3.15. The molecule has 0 radical (unpaired) electrons. The van der Waals surface area contributed by atoms with Crippen LogP contribution in [0, 0.1) is 0 Å². The van der Waals surface area contributed by atoms with Crippen LogP contribution in [0.15, 0.2) is 47.1 Å². The minimum Gasteiger partial charge on any atom is -0.350 e. The number of hydrogen-bond donors (Lipinski definition) is 1. The maximum absolute atomic E-state index is 12.1. The molecular weight excluding hydrogens is 304 g/mol. The molecule has 1 N–H and O–H groups in total. The van der Waals surface area contributed by atoms with Crippen molar-refractivity contribution in [1.29, 1.82) is 0 Å². The van der Waals surface area contributed by atoms with Crippen LogP contribution in [0.4, 0.5) is 0 Å². The summed E-state index contributed by atoms with van der Waals surface area (Å²) in [6.07, 6.45) is 1.90. The molecule has 0 aromatic carbocycles. The topological polar surface area (TPSA) is 59.3 Å². The van der Waals surface area contributed by atoms with Gasteiger partial charge in [0.25, 0.3) is 0 Å². The molecule has 0 saturated heterocycles. The summed E-state index contributed by atoms with van der Waals surface area (Å²) in [4.78, 5) is 13.3. The first-order valence-corrected chi connectivity index (χ1v) is 8.26. The minimum absolute atomic E-state index is 0.00100. The largest absolute Gasteiger partial charge is 0.350 e. The summed E-state index contributed by atoms with van der Waals surface area (Å²) >= 11 is 3.04. The Balaban J connectivity index is 1.62. The van der Waals surface area contributed by atoms with Crippen LogP contribution in [0.3, 0.4) is 0 Å². The van der Waals surface area contributed by atoms with Crippen LogP contribution in [0.1, 0.15) is 11.8 Å². The monoisotopic (exact) mass is 318 g/mol. The van der Waals surface area contributed by atoms with E-state index in [2.05, 4.69) is 15.5 Å². The molecule has 0 spiro atoms. The minimum atomic E-state index is -0.224. The van der Waals surface area contributed by atoms with Crippen molar-refractivity contribution in [3.05, 3.63) is 46.8 Å². The molecule has 0 fully saturated rings. The third kappa shape index (κ3) is 3.25. The number of nitrogens with one attached hydrogen (secondary N) is 1. The number of aromatic nitrogens is 3. The Kier molecular flexibility index (Phi) is 4.21. The van der Waals surface area contributed by atoms with Gasteiger partial charge in [0.05, 0.1) is 11.8 Å². The second-order valence-electron chi connectivity index (χ2n) is 4.47. The van der Waals surface area contributed by atoms with E-state index in [1.165, 1.54) is 11.8 Å². The first-order chi connectivity index (χ1) is 10.2. The third-order valence-electron chi connectivity index (χ3n) is 2.95. The van der Waals surface area contributed by atoms with Gasteiger partial charge in [0.15, 0.2) is 10.8 Å². The molecule has 0 aliphatic rings. The summed E-state index contributed by atoms with van der Waals surface area (Å²) in [7, 11) is 0. The van der Waals surface area contributed by atoms with Crippen molar-refractivity contribution < 1.29 is 4.79 Å². The molecular formula is C14H14N4OS2. The number of fused-ring (bicyclic) bond motifs is 1. The molecule has 0 aliphatic heterocycles. The maximum Gasteiger partial charge on any atom is 0.233 e. The Morgan fingerprint density at radius 3 is 3.10 bits per heavy atom. The molecule has 1 atom stereocenters. The Morgan fingerprint density at radius 1 is 1.38 bits per heavy atom. The van der Waals surface area contributed by atoms with Crippen molar-refractivity contribution in [3.8, 4) is 0 Å². The average molecular weight is 318 g/mol. The first kappa shape index (κ1) is 14.1. The van der Waals surface area contributed by atoms with E-state index in [1.807, 2.05) is 53.2 Å². The number of nitrogens with zero attached hydrogens (tertiary/aromatic N) is 3. The quantitative estimate of drug-likeness (QED) is 0.735. The van der Waals surface area contributed by atoms with Gasteiger partial charge in [-0.15, -0.1) is 21.5 Å². The van der Waals surface area contributed by atoms with Crippen molar-refractivity contribution in [2.75, 3.05) is 0 Å². The van der Waals surface area contributed by atoms with Gasteiger partial charge < -0.3 is 5.32 Å². The predicted molar refractivity (Wildman–Crippen MR) is 84.5 cm³/mol. The summed E-state index contributed by atoms with van der Waals surface area (Å²) in [5, 5.41) is 13.6. The lowest BCUT2D eigenvalue weighted by Gasteiger charge is -2.10. The Hall–Kier alpha value is -1.86. The fourth-order valence-corrected chi connectivity index (χ4v) is 3.35. The highest BCUT2D eigenvalue weighted by molar-refractivity contribution is 8.00. The normalized spacial score (nSPS) is 12.4. The second kappa shape index (κ2) is 6.28. The number of carbonyl (C=O) groups is 1. The lowest BCUT2D eigenvalue weighted by molar-refractivity contribution is -0.120. The molecule has 3 aromatic rings. The zero-order chi connectivity index (χ0) is 14.7. The SMILES string of the molecule is C[C@H](Sc1nnc2ccccn12)C(=O)NCc1cccs1. The number of pyridine rings is 1. The van der Waals surface area contributed by atoms with E-state index in [0.717, 1.165) is 15.7 Å². The smallest absolute Gasteiger partial charge is 0.233 e. The van der Waals surface area contributed by atoms with Crippen LogP contribution >= 0.6 is 23.1 Å². The van der Waals surface area contributed by atoms with E-state index in [9.17, 15) is 4.79 Å². The van der Waals surface area contributed by atoms with Gasteiger partial charge in [-0.25, -0.2) is 0 Å². The predicted octanol–water partition coefficient (Wildman–Crippen LogP) is 2.59. The Labute approximate surface area is 130 Å². The van der Waals surface area contributed by atoms with E-state index < -0.39 is 0 Å². The van der Waals surface area contributed by atoms with Crippen molar-refractivity contribution in [2.24, 2.45) is 0 Å². The lowest BCUT2D eigenvalue weighted by atomic mass is 10.4. The van der Waals surface area contributed by atoms with E-state index in [-0.39, 0.29) is 11.2 Å². The molecule has 0 bridgehead atoms. The van der Waals surface area contributed by atoms with E-state index in [4.69, 9.17) is 0 Å². The van der Waals surface area contributed by atoms with Crippen LogP contribution < -0.4 is 5.32 Å². The maximum atomic E-state index is 12.1. The molecule has 5 nitrogen and oxygen atoms in total. The number of amides is 1. The van der Waals surface area contributed by atoms with Gasteiger partial charge in [0, 0.05) is 11.1 Å². The van der Waals surface area contributed by atoms with Gasteiger partial charge in [-0.1, -0.05) is 23.9 Å². The van der Waals surface area contributed by atoms with Crippen LogP contribution in [-0.4, -0.2) is 25.8 Å². The molecule has 3 aromatic heterocycles. The molecule has 21 heavy (non-hydrogen) atoms. The summed E-state index contributed by atoms with van der Waals surface area (Å²) in [6.45, 7) is 2.44. The molecule has 0 aliphatic carbocycles. The van der Waals surface area contributed by atoms with Crippen molar-refractivity contribution in [1.82, 2.24) is 19.9 Å². The van der Waals surface area contributed by atoms with Crippen LogP contribution in [0.5, 0.6) is 0 Å². The van der Waals surface area contributed by atoms with Gasteiger partial charge in [-0.2, -0.15) is 0 Å². The highest BCUT2D eigenvalue weighted by Gasteiger charge is 2.17. The van der Waals surface area contributed by atoms with Crippen molar-refractivity contribution >= 4 is 34.7 Å². The third-order valence-corrected chi connectivity index (χ3v) is 4.88. The zero-order valence-electron chi connectivity index (χ0n) is 11.4. The molecule has 3 heterocycles. The standard InChI is InChI=1S/C14H14N4OS2/c1-10(13(19)15-9-11-5-4-8-20-11)21-14-17-16-12-6-2-3-7-18(12)14/h2-8,10H,9H2,1H3,(H,15,19)/t10-/m0/s1. The Morgan fingerprint density at radius 2 is 2.29 bits per heavy atom. The fraction of sp³-hybridized carbons (Fsp3) is 0.214. The Bertz CT molecular complexity index is 738. The highest BCUT2D eigenvalue weighted by atomic mass is 32.2. The van der Waals surface area contributed by atoms with E-state index in [1.54, 1.807) is 11.3 Å². The zero-order valence-corrected chi connectivity index (χ0v) is 13.0. The molecule has 3 rings (SSSR count). The summed E-state index contributed by atoms with van der Waals surface area (Å²) < 4.78 is 1.88. The van der Waals surface area contributed by atoms with Crippen molar-refractivity contribution in [3.63, 3.8) is 0 Å². The number of carbonyl (C=O) groups excluding carboxylic acids is 1. The molecule has 0 saturated carbocycles. The van der Waals surface area contributed by atoms with Gasteiger partial charge in [-0.3, -0.25) is 9.20 Å². The van der Waals surface area contributed by atoms with Crippen molar-refractivity contribution in [2.45, 2.75) is 23.9 Å². The highest BCUT2D eigenvalue weighted by Crippen LogP contribution is 2.22. The molecule has 1 amide bonds. The van der Waals surface area contributed by atoms with Gasteiger partial charge in [0.1, 0.15) is 0 Å². The van der Waals surface area contributed by atoms with Gasteiger partial charge >= 0.3 is 0 Å². The fourth-order valence-electron chi connectivity index (χ4n) is 1.84. The lowest BCUT2D eigenvalue weighted by Crippen LogP contribution is -2.30. The number of thioether (sulfide) groups is 1. The van der Waals surface area contributed by atoms with Crippen LogP contribution in [0.25, 0.3) is 5.65 Å². The van der Waals surface area contributed by atoms with Crippen LogP contribution in [-0.2, 0) is 11.3 Å². The number of rotatable bonds is 5. The number of hydrogen-bond acceptors (Lipinski definition) is 5. The van der Waals surface area contributed by atoms with Gasteiger partial charge in [-0.05, 0) is 30.5 Å². The second-order valence-corrected chi connectivity index (χ2v) is 6.81. The summed E-state index contributed by atoms with van der Waals surface area (Å²) in [6, 6.07) is 9.71. The van der Waals surface area contributed by atoms with Gasteiger partial charge in [0.2, 0.25) is 5.91 Å². The first-order valence-electron chi connectivity index (χ1n) is 6.50. The summed E-state index contributed by atoms with van der Waals surface area (Å²) in [5.74, 6) is 0.00100. The van der Waals surface area contributed by atoms with Crippen LogP contribution in [0.2, 0.25) is 0 Å². The van der Waals surface area contributed by atoms with E-state index in [0.29, 0.717) is 6.54 Å². The molecule has 7 heteroatoms. The summed E-state index contributed by atoms with van der Waals surface area (Å²) in [5.41, 5.74) is 0.784. The molecule has 108 valence electrons. The number of thiophene rings is 1.